The summed E-state index contributed by atoms with van der Waals surface area (Å²) in [6.45, 7) is 6.47. The fourth-order valence-electron chi connectivity index (χ4n) is 3.33. The summed E-state index contributed by atoms with van der Waals surface area (Å²) < 4.78 is 11.0. The summed E-state index contributed by atoms with van der Waals surface area (Å²) in [5.74, 6) is 1.21. The van der Waals surface area contributed by atoms with Crippen molar-refractivity contribution in [3.63, 3.8) is 0 Å². The molecule has 1 atom stereocenters. The van der Waals surface area contributed by atoms with Gasteiger partial charge in [0, 0.05) is 37.5 Å². The lowest BCUT2D eigenvalue weighted by Crippen LogP contribution is -2.54. The molecule has 2 aliphatic heterocycles. The molecule has 2 aliphatic rings. The Morgan fingerprint density at radius 3 is 2.58 bits per heavy atom. The maximum absolute atomic E-state index is 12.4. The quantitative estimate of drug-likeness (QED) is 0.809. The molecule has 0 aromatic heterocycles. The van der Waals surface area contributed by atoms with Crippen LogP contribution in [0.3, 0.4) is 0 Å². The summed E-state index contributed by atoms with van der Waals surface area (Å²) in [6, 6.07) is 5.28. The van der Waals surface area contributed by atoms with Crippen molar-refractivity contribution >= 4 is 24.1 Å². The van der Waals surface area contributed by atoms with Crippen molar-refractivity contribution in [2.75, 3.05) is 26.3 Å². The number of Topliss-reactive ketones (excluding diaryl/α,β-unsaturated/α-hetero) is 1. The minimum absolute atomic E-state index is 0. The standard InChI is InChI=1S/C19H26N2O4.ClH/c1-19(2)12-21(8-7-17(19)20)18(23)6-4-14(22)13-3-5-15-16(11-13)25-10-9-24-15;/h3,5,11,17H,4,6-10,12,20H2,1-2H3;1H. The summed E-state index contributed by atoms with van der Waals surface area (Å²) >= 11 is 0. The molecule has 0 bridgehead atoms. The predicted molar refractivity (Wildman–Crippen MR) is 101 cm³/mol. The molecule has 2 N–H and O–H groups in total. The topological polar surface area (TPSA) is 81.9 Å². The summed E-state index contributed by atoms with van der Waals surface area (Å²) in [6.07, 6.45) is 1.22. The summed E-state index contributed by atoms with van der Waals surface area (Å²) in [5.41, 5.74) is 6.58. The van der Waals surface area contributed by atoms with Crippen LogP contribution in [-0.4, -0.2) is 48.9 Å². The molecule has 1 fully saturated rings. The lowest BCUT2D eigenvalue weighted by molar-refractivity contribution is -0.134. The Labute approximate surface area is 160 Å². The van der Waals surface area contributed by atoms with Gasteiger partial charge in [-0.1, -0.05) is 13.8 Å². The normalized spacial score (nSPS) is 20.9. The molecule has 1 saturated heterocycles. The number of amides is 1. The van der Waals surface area contributed by atoms with Crippen molar-refractivity contribution in [3.8, 4) is 11.5 Å². The van der Waals surface area contributed by atoms with Crippen LogP contribution in [0, 0.1) is 5.41 Å². The third-order valence-electron chi connectivity index (χ3n) is 5.09. The number of likely N-dealkylation sites (tertiary alicyclic amines) is 1. The third-order valence-corrected chi connectivity index (χ3v) is 5.09. The van der Waals surface area contributed by atoms with Crippen LogP contribution >= 0.6 is 12.4 Å². The monoisotopic (exact) mass is 382 g/mol. The molecule has 2 heterocycles. The minimum atomic E-state index is -0.0895. The average Bonchev–Trinajstić information content (AvgIpc) is 2.61. The van der Waals surface area contributed by atoms with E-state index in [4.69, 9.17) is 15.2 Å². The number of carbonyl (C=O) groups is 2. The van der Waals surface area contributed by atoms with Gasteiger partial charge in [-0.15, -0.1) is 12.4 Å². The zero-order valence-corrected chi connectivity index (χ0v) is 16.1. The molecule has 0 aliphatic carbocycles. The molecule has 0 spiro atoms. The average molecular weight is 383 g/mol. The maximum atomic E-state index is 12.4. The number of carbonyl (C=O) groups excluding carboxylic acids is 2. The number of nitrogens with zero attached hydrogens (tertiary/aromatic N) is 1. The highest BCUT2D eigenvalue weighted by atomic mass is 35.5. The van der Waals surface area contributed by atoms with Gasteiger partial charge >= 0.3 is 0 Å². The van der Waals surface area contributed by atoms with E-state index in [0.717, 1.165) is 6.42 Å². The molecule has 6 nitrogen and oxygen atoms in total. The molecule has 7 heteroatoms. The van der Waals surface area contributed by atoms with Crippen LogP contribution in [0.15, 0.2) is 18.2 Å². The van der Waals surface area contributed by atoms with Crippen molar-refractivity contribution < 1.29 is 19.1 Å². The second-order valence-electron chi connectivity index (χ2n) is 7.48. The van der Waals surface area contributed by atoms with E-state index >= 15 is 0 Å². The van der Waals surface area contributed by atoms with Gasteiger partial charge in [-0.25, -0.2) is 0 Å². The van der Waals surface area contributed by atoms with Gasteiger partial charge in [-0.2, -0.15) is 0 Å². The molecule has 1 unspecified atom stereocenters. The molecular weight excluding hydrogens is 356 g/mol. The summed E-state index contributed by atoms with van der Waals surface area (Å²) in [4.78, 5) is 26.7. The Morgan fingerprint density at radius 1 is 1.19 bits per heavy atom. The van der Waals surface area contributed by atoms with E-state index in [9.17, 15) is 9.59 Å². The number of ketones is 1. The molecule has 26 heavy (non-hydrogen) atoms. The van der Waals surface area contributed by atoms with Crippen LogP contribution < -0.4 is 15.2 Å². The largest absolute Gasteiger partial charge is 0.486 e. The van der Waals surface area contributed by atoms with E-state index in [1.54, 1.807) is 18.2 Å². The van der Waals surface area contributed by atoms with Crippen molar-refractivity contribution in [1.82, 2.24) is 4.90 Å². The lowest BCUT2D eigenvalue weighted by Gasteiger charge is -2.42. The minimum Gasteiger partial charge on any atom is -0.486 e. The van der Waals surface area contributed by atoms with Crippen LogP contribution in [-0.2, 0) is 4.79 Å². The van der Waals surface area contributed by atoms with Gasteiger partial charge in [0.2, 0.25) is 5.91 Å². The van der Waals surface area contributed by atoms with Crippen LogP contribution in [0.2, 0.25) is 0 Å². The van der Waals surface area contributed by atoms with Gasteiger partial charge in [-0.05, 0) is 30.0 Å². The fraction of sp³-hybridized carbons (Fsp3) is 0.579. The van der Waals surface area contributed by atoms with Gasteiger partial charge in [-0.3, -0.25) is 9.59 Å². The smallest absolute Gasteiger partial charge is 0.223 e. The number of nitrogens with two attached hydrogens (primary N) is 1. The Morgan fingerprint density at radius 2 is 1.88 bits per heavy atom. The van der Waals surface area contributed by atoms with E-state index in [1.807, 2.05) is 4.90 Å². The SMILES string of the molecule is CC1(C)CN(C(=O)CCC(=O)c2ccc3c(c2)OCCO3)CCC1N.Cl. The van der Waals surface area contributed by atoms with Crippen molar-refractivity contribution in [2.24, 2.45) is 11.1 Å². The molecule has 3 rings (SSSR count). The van der Waals surface area contributed by atoms with Gasteiger partial charge in [0.25, 0.3) is 0 Å². The fourth-order valence-corrected chi connectivity index (χ4v) is 3.33. The third kappa shape index (κ3) is 4.48. The van der Waals surface area contributed by atoms with Gasteiger partial charge in [0.15, 0.2) is 17.3 Å². The Balaban J connectivity index is 0.00000243. The zero-order valence-electron chi connectivity index (χ0n) is 15.3. The van der Waals surface area contributed by atoms with Crippen LogP contribution in [0.5, 0.6) is 11.5 Å². The highest BCUT2D eigenvalue weighted by Gasteiger charge is 2.35. The number of hydrogen-bond donors (Lipinski definition) is 1. The van der Waals surface area contributed by atoms with E-state index in [0.29, 0.717) is 43.4 Å². The first-order valence-corrected chi connectivity index (χ1v) is 8.83. The zero-order chi connectivity index (χ0) is 18.0. The first kappa shape index (κ1) is 20.5. The number of piperidine rings is 1. The molecule has 1 amide bonds. The summed E-state index contributed by atoms with van der Waals surface area (Å²) in [7, 11) is 0. The molecule has 0 radical (unpaired) electrons. The van der Waals surface area contributed by atoms with Crippen LogP contribution in [0.4, 0.5) is 0 Å². The molecule has 0 saturated carbocycles. The Kier molecular flexibility index (Phi) is 6.53. The first-order chi connectivity index (χ1) is 11.9. The number of halogens is 1. The number of fused-ring (bicyclic) bond motifs is 1. The Hall–Kier alpha value is -1.79. The van der Waals surface area contributed by atoms with Gasteiger partial charge < -0.3 is 20.1 Å². The van der Waals surface area contributed by atoms with Crippen LogP contribution in [0.25, 0.3) is 0 Å². The number of hydrogen-bond acceptors (Lipinski definition) is 5. The van der Waals surface area contributed by atoms with Crippen molar-refractivity contribution in [1.29, 1.82) is 0 Å². The molecular formula is C19H27ClN2O4. The number of ether oxygens (including phenoxy) is 2. The van der Waals surface area contributed by atoms with Gasteiger partial charge in [0.05, 0.1) is 0 Å². The second-order valence-corrected chi connectivity index (χ2v) is 7.48. The predicted octanol–water partition coefficient (Wildman–Crippen LogP) is 2.43. The van der Waals surface area contributed by atoms with Crippen LogP contribution in [0.1, 0.15) is 43.5 Å². The van der Waals surface area contributed by atoms with Gasteiger partial charge in [0.1, 0.15) is 13.2 Å². The van der Waals surface area contributed by atoms with Crippen molar-refractivity contribution in [2.45, 2.75) is 39.2 Å². The maximum Gasteiger partial charge on any atom is 0.223 e. The highest BCUT2D eigenvalue weighted by molar-refractivity contribution is 5.98. The highest BCUT2D eigenvalue weighted by Crippen LogP contribution is 2.31. The van der Waals surface area contributed by atoms with E-state index in [-0.39, 0.29) is 48.4 Å². The second kappa shape index (κ2) is 8.27. The summed E-state index contributed by atoms with van der Waals surface area (Å²) in [5, 5.41) is 0. The van der Waals surface area contributed by atoms with Crippen molar-refractivity contribution in [3.05, 3.63) is 23.8 Å². The van der Waals surface area contributed by atoms with E-state index in [1.165, 1.54) is 0 Å². The molecule has 144 valence electrons. The number of rotatable bonds is 4. The number of benzene rings is 1. The molecule has 1 aromatic rings. The molecule has 1 aromatic carbocycles. The van der Waals surface area contributed by atoms with E-state index < -0.39 is 0 Å². The lowest BCUT2D eigenvalue weighted by atomic mass is 9.79. The van der Waals surface area contributed by atoms with E-state index in [2.05, 4.69) is 13.8 Å². The first-order valence-electron chi connectivity index (χ1n) is 8.83. The Bertz CT molecular complexity index is 678.